The normalized spacial score (nSPS) is 14.6. The lowest BCUT2D eigenvalue weighted by Gasteiger charge is -2.26. The number of nitrogens with zero attached hydrogens (tertiary/aromatic N) is 1. The van der Waals surface area contributed by atoms with Gasteiger partial charge in [0.25, 0.3) is 0 Å². The van der Waals surface area contributed by atoms with Crippen LogP contribution in [0.25, 0.3) is 0 Å². The fourth-order valence-electron chi connectivity index (χ4n) is 2.41. The molecule has 0 aromatic heterocycles. The van der Waals surface area contributed by atoms with Crippen LogP contribution < -0.4 is 4.90 Å². The molecule has 0 N–H and O–H groups in total. The van der Waals surface area contributed by atoms with E-state index in [1.807, 2.05) is 13.1 Å². The number of hydrogen-bond acceptors (Lipinski definition) is 2. The summed E-state index contributed by atoms with van der Waals surface area (Å²) in [5, 5.41) is 0. The van der Waals surface area contributed by atoms with Crippen molar-refractivity contribution in [3.05, 3.63) is 29.3 Å². The molecule has 2 rings (SSSR count). The Morgan fingerprint density at radius 3 is 2.83 bits per heavy atom. The van der Waals surface area contributed by atoms with Gasteiger partial charge in [-0.25, -0.2) is 0 Å². The molecule has 0 unspecified atom stereocenters. The zero-order valence-corrected chi connectivity index (χ0v) is 11.0. The van der Waals surface area contributed by atoms with Crippen molar-refractivity contribution in [2.24, 2.45) is 0 Å². The molecule has 0 bridgehead atoms. The average Bonchev–Trinajstić information content (AvgIpc) is 2.33. The predicted octanol–water partition coefficient (Wildman–Crippen LogP) is 2.51. The van der Waals surface area contributed by atoms with E-state index in [0.29, 0.717) is 12.8 Å². The molecule has 0 saturated carbocycles. The maximum absolute atomic E-state index is 11.6. The lowest BCUT2D eigenvalue weighted by atomic mass is 9.97. The van der Waals surface area contributed by atoms with E-state index in [1.165, 1.54) is 11.1 Å². The second kappa shape index (κ2) is 5.34. The highest BCUT2D eigenvalue weighted by atomic mass is 16.2. The third-order valence-corrected chi connectivity index (χ3v) is 3.48. The third-order valence-electron chi connectivity index (χ3n) is 3.48. The lowest BCUT2D eigenvalue weighted by Crippen LogP contribution is -2.31. The molecule has 1 aromatic rings. The fourth-order valence-corrected chi connectivity index (χ4v) is 2.41. The van der Waals surface area contributed by atoms with Crippen LogP contribution in [0.4, 0.5) is 5.69 Å². The van der Waals surface area contributed by atoms with Gasteiger partial charge in [-0.3, -0.25) is 4.79 Å². The number of Topliss-reactive ketones (excluding diaryl/α,β-unsaturated/α-hetero) is 1. The van der Waals surface area contributed by atoms with Gasteiger partial charge in [0.2, 0.25) is 5.91 Å². The average molecular weight is 245 g/mol. The van der Waals surface area contributed by atoms with Gasteiger partial charge in [-0.1, -0.05) is 12.1 Å². The fraction of sp³-hybridized carbons (Fsp3) is 0.467. The van der Waals surface area contributed by atoms with Gasteiger partial charge in [-0.2, -0.15) is 0 Å². The van der Waals surface area contributed by atoms with Crippen LogP contribution in [-0.2, 0) is 22.4 Å². The first kappa shape index (κ1) is 12.8. The van der Waals surface area contributed by atoms with Crippen molar-refractivity contribution in [2.75, 3.05) is 11.9 Å². The van der Waals surface area contributed by atoms with Crippen LogP contribution in [0.3, 0.4) is 0 Å². The van der Waals surface area contributed by atoms with E-state index in [0.717, 1.165) is 24.9 Å². The van der Waals surface area contributed by atoms with E-state index >= 15 is 0 Å². The Morgan fingerprint density at radius 1 is 1.33 bits per heavy atom. The maximum atomic E-state index is 11.6. The smallest absolute Gasteiger partial charge is 0.227 e. The van der Waals surface area contributed by atoms with E-state index < -0.39 is 0 Å². The van der Waals surface area contributed by atoms with Crippen LogP contribution >= 0.6 is 0 Å². The quantitative estimate of drug-likeness (QED) is 0.817. The van der Waals surface area contributed by atoms with Crippen molar-refractivity contribution in [2.45, 2.75) is 39.0 Å². The molecule has 96 valence electrons. The summed E-state index contributed by atoms with van der Waals surface area (Å²) in [6, 6.07) is 6.27. The van der Waals surface area contributed by atoms with Gasteiger partial charge < -0.3 is 9.69 Å². The van der Waals surface area contributed by atoms with Gasteiger partial charge in [-0.15, -0.1) is 0 Å². The Labute approximate surface area is 108 Å². The molecule has 1 aliphatic rings. The molecular formula is C15H19NO2. The van der Waals surface area contributed by atoms with Gasteiger partial charge in [0.1, 0.15) is 5.78 Å². The minimum Gasteiger partial charge on any atom is -0.315 e. The lowest BCUT2D eigenvalue weighted by molar-refractivity contribution is -0.118. The Balaban J connectivity index is 2.08. The molecule has 0 radical (unpaired) electrons. The number of benzene rings is 1. The van der Waals surface area contributed by atoms with Gasteiger partial charge in [0.15, 0.2) is 0 Å². The number of fused-ring (bicyclic) bond motifs is 1. The van der Waals surface area contributed by atoms with Crippen LogP contribution in [0.15, 0.2) is 18.2 Å². The molecule has 0 atom stereocenters. The third kappa shape index (κ3) is 2.78. The Morgan fingerprint density at radius 2 is 2.11 bits per heavy atom. The van der Waals surface area contributed by atoms with Gasteiger partial charge >= 0.3 is 0 Å². The number of carbonyl (C=O) groups excluding carboxylic acids is 2. The Bertz CT molecular complexity index is 479. The predicted molar refractivity (Wildman–Crippen MR) is 71.8 cm³/mol. The number of ketones is 1. The van der Waals surface area contributed by atoms with Crippen molar-refractivity contribution >= 4 is 17.4 Å². The summed E-state index contributed by atoms with van der Waals surface area (Å²) in [5.74, 6) is 0.435. The number of rotatable bonds is 4. The van der Waals surface area contributed by atoms with E-state index in [4.69, 9.17) is 0 Å². The van der Waals surface area contributed by atoms with Crippen LogP contribution in [0, 0.1) is 0 Å². The summed E-state index contributed by atoms with van der Waals surface area (Å²) in [6.45, 7) is 1.63. The molecule has 1 aliphatic heterocycles. The first-order valence-corrected chi connectivity index (χ1v) is 6.45. The van der Waals surface area contributed by atoms with Crippen molar-refractivity contribution in [3.63, 3.8) is 0 Å². The largest absolute Gasteiger partial charge is 0.315 e. The van der Waals surface area contributed by atoms with Crippen LogP contribution in [0.5, 0.6) is 0 Å². The number of anilines is 1. The molecule has 1 heterocycles. The summed E-state index contributed by atoms with van der Waals surface area (Å²) >= 11 is 0. The number of aryl methyl sites for hydroxylation is 2. The number of carbonyl (C=O) groups is 2. The zero-order valence-electron chi connectivity index (χ0n) is 11.0. The standard InChI is InChI=1S/C15H19NO2/c1-11(17)4-3-5-12-6-8-14-13(10-12)7-9-15(18)16(14)2/h6,8,10H,3-5,7,9H2,1-2H3. The monoisotopic (exact) mass is 245 g/mol. The first-order valence-electron chi connectivity index (χ1n) is 6.45. The van der Waals surface area contributed by atoms with Gasteiger partial charge in [0.05, 0.1) is 0 Å². The Hall–Kier alpha value is -1.64. The minimum absolute atomic E-state index is 0.187. The second-order valence-corrected chi connectivity index (χ2v) is 4.97. The molecule has 0 spiro atoms. The maximum Gasteiger partial charge on any atom is 0.227 e. The highest BCUT2D eigenvalue weighted by Gasteiger charge is 2.20. The summed E-state index contributed by atoms with van der Waals surface area (Å²) in [6.07, 6.45) is 3.92. The molecule has 3 heteroatoms. The molecule has 0 saturated heterocycles. The van der Waals surface area contributed by atoms with E-state index in [1.54, 1.807) is 11.8 Å². The highest BCUT2D eigenvalue weighted by Crippen LogP contribution is 2.27. The summed E-state index contributed by atoms with van der Waals surface area (Å²) in [5.41, 5.74) is 3.54. The van der Waals surface area contributed by atoms with Crippen molar-refractivity contribution < 1.29 is 9.59 Å². The van der Waals surface area contributed by atoms with Crippen LogP contribution in [0.2, 0.25) is 0 Å². The molecule has 1 amide bonds. The summed E-state index contributed by atoms with van der Waals surface area (Å²) in [4.78, 5) is 24.2. The first-order chi connectivity index (χ1) is 8.58. The van der Waals surface area contributed by atoms with Gasteiger partial charge in [0, 0.05) is 25.6 Å². The second-order valence-electron chi connectivity index (χ2n) is 4.97. The highest BCUT2D eigenvalue weighted by molar-refractivity contribution is 5.95. The van der Waals surface area contributed by atoms with Crippen molar-refractivity contribution in [3.8, 4) is 0 Å². The number of amides is 1. The van der Waals surface area contributed by atoms with Gasteiger partial charge in [-0.05, 0) is 43.4 Å². The topological polar surface area (TPSA) is 37.4 Å². The SMILES string of the molecule is CC(=O)CCCc1ccc2c(c1)CCC(=O)N2C. The van der Waals surface area contributed by atoms with Crippen LogP contribution in [-0.4, -0.2) is 18.7 Å². The molecule has 3 nitrogen and oxygen atoms in total. The Kier molecular flexibility index (Phi) is 3.80. The van der Waals surface area contributed by atoms with Crippen molar-refractivity contribution in [1.82, 2.24) is 0 Å². The number of hydrogen-bond donors (Lipinski definition) is 0. The van der Waals surface area contributed by atoms with E-state index in [2.05, 4.69) is 12.1 Å². The van der Waals surface area contributed by atoms with Crippen molar-refractivity contribution in [1.29, 1.82) is 0 Å². The van der Waals surface area contributed by atoms with Crippen LogP contribution in [0.1, 0.15) is 37.3 Å². The molecule has 0 aliphatic carbocycles. The summed E-state index contributed by atoms with van der Waals surface area (Å²) < 4.78 is 0. The minimum atomic E-state index is 0.187. The molecular weight excluding hydrogens is 226 g/mol. The molecule has 18 heavy (non-hydrogen) atoms. The summed E-state index contributed by atoms with van der Waals surface area (Å²) in [7, 11) is 1.83. The van der Waals surface area contributed by atoms with E-state index in [9.17, 15) is 9.59 Å². The van der Waals surface area contributed by atoms with E-state index in [-0.39, 0.29) is 11.7 Å². The molecule has 0 fully saturated rings. The molecule has 1 aromatic carbocycles. The zero-order chi connectivity index (χ0) is 13.1.